The lowest BCUT2D eigenvalue weighted by atomic mass is 10.1. The van der Waals surface area contributed by atoms with E-state index in [9.17, 15) is 0 Å². The first-order valence-electron chi connectivity index (χ1n) is 6.83. The van der Waals surface area contributed by atoms with Crippen LogP contribution in [0.5, 0.6) is 0 Å². The zero-order chi connectivity index (χ0) is 14.5. The number of hydrazine groups is 1. The van der Waals surface area contributed by atoms with Gasteiger partial charge in [0.25, 0.3) is 0 Å². The molecule has 0 aliphatic carbocycles. The van der Waals surface area contributed by atoms with Gasteiger partial charge in [-0.3, -0.25) is 16.3 Å². The topological polar surface area (TPSA) is 68.8 Å². The molecule has 0 spiro atoms. The number of nitrogens with two attached hydrogens (primary N) is 1. The molecule has 0 radical (unpaired) electrons. The van der Waals surface area contributed by atoms with Crippen molar-refractivity contribution < 1.29 is 0 Å². The molecular formula is C16H17N5. The van der Waals surface area contributed by atoms with Crippen molar-refractivity contribution >= 4 is 0 Å². The van der Waals surface area contributed by atoms with Crippen LogP contribution in [-0.4, -0.2) is 14.8 Å². The van der Waals surface area contributed by atoms with Crippen molar-refractivity contribution in [3.8, 4) is 5.69 Å². The van der Waals surface area contributed by atoms with E-state index in [-0.39, 0.29) is 6.04 Å². The third-order valence-corrected chi connectivity index (χ3v) is 3.39. The van der Waals surface area contributed by atoms with Crippen LogP contribution in [0.25, 0.3) is 5.69 Å². The van der Waals surface area contributed by atoms with Crippen LogP contribution in [0, 0.1) is 0 Å². The van der Waals surface area contributed by atoms with Gasteiger partial charge in [-0.25, -0.2) is 4.68 Å². The van der Waals surface area contributed by atoms with Gasteiger partial charge in [0.05, 0.1) is 17.4 Å². The van der Waals surface area contributed by atoms with Crippen LogP contribution < -0.4 is 11.3 Å². The molecular weight excluding hydrogens is 262 g/mol. The van der Waals surface area contributed by atoms with Crippen molar-refractivity contribution in [2.45, 2.75) is 12.5 Å². The summed E-state index contributed by atoms with van der Waals surface area (Å²) in [6, 6.07) is 15.9. The summed E-state index contributed by atoms with van der Waals surface area (Å²) in [7, 11) is 0. The molecule has 106 valence electrons. The molecule has 0 amide bonds. The standard InChI is InChI=1S/C16H17N5/c17-20-15(11-13-5-4-9-18-12-13)16-8-10-19-21(16)14-6-2-1-3-7-14/h1-10,12,15,20H,11,17H2. The molecule has 2 aromatic heterocycles. The summed E-state index contributed by atoms with van der Waals surface area (Å²) in [5.41, 5.74) is 6.04. The monoisotopic (exact) mass is 279 g/mol. The molecule has 0 fully saturated rings. The van der Waals surface area contributed by atoms with Crippen LogP contribution in [0.2, 0.25) is 0 Å². The van der Waals surface area contributed by atoms with Gasteiger partial charge in [-0.2, -0.15) is 5.10 Å². The summed E-state index contributed by atoms with van der Waals surface area (Å²) in [4.78, 5) is 4.14. The largest absolute Gasteiger partial charge is 0.271 e. The highest BCUT2D eigenvalue weighted by atomic mass is 15.3. The quantitative estimate of drug-likeness (QED) is 0.554. The number of nitrogens with one attached hydrogen (secondary N) is 1. The van der Waals surface area contributed by atoms with Crippen molar-refractivity contribution in [3.05, 3.63) is 78.4 Å². The molecule has 1 aromatic carbocycles. The van der Waals surface area contributed by atoms with Gasteiger partial charge in [-0.1, -0.05) is 24.3 Å². The van der Waals surface area contributed by atoms with E-state index >= 15 is 0 Å². The fourth-order valence-corrected chi connectivity index (χ4v) is 2.37. The van der Waals surface area contributed by atoms with Gasteiger partial charge in [0, 0.05) is 18.6 Å². The minimum Gasteiger partial charge on any atom is -0.271 e. The fourth-order valence-electron chi connectivity index (χ4n) is 2.37. The molecule has 0 aliphatic heterocycles. The minimum atomic E-state index is -0.0306. The number of rotatable bonds is 5. The Morgan fingerprint density at radius 3 is 2.62 bits per heavy atom. The number of pyridine rings is 1. The number of aromatic nitrogens is 3. The Bertz CT molecular complexity index is 678. The SMILES string of the molecule is NNC(Cc1cccnc1)c1ccnn1-c1ccccc1. The third-order valence-electron chi connectivity index (χ3n) is 3.39. The zero-order valence-corrected chi connectivity index (χ0v) is 11.6. The fraction of sp³-hybridized carbons (Fsp3) is 0.125. The van der Waals surface area contributed by atoms with Gasteiger partial charge in [-0.15, -0.1) is 0 Å². The van der Waals surface area contributed by atoms with E-state index in [2.05, 4.69) is 15.5 Å². The molecule has 0 aliphatic rings. The van der Waals surface area contributed by atoms with Gasteiger partial charge in [-0.05, 0) is 36.2 Å². The molecule has 0 saturated carbocycles. The van der Waals surface area contributed by atoms with E-state index < -0.39 is 0 Å². The second-order valence-corrected chi connectivity index (χ2v) is 4.79. The summed E-state index contributed by atoms with van der Waals surface area (Å²) < 4.78 is 1.90. The van der Waals surface area contributed by atoms with Crippen LogP contribution in [0.1, 0.15) is 17.3 Å². The Morgan fingerprint density at radius 1 is 1.05 bits per heavy atom. The first-order valence-corrected chi connectivity index (χ1v) is 6.83. The number of nitrogens with zero attached hydrogens (tertiary/aromatic N) is 3. The predicted molar refractivity (Wildman–Crippen MR) is 81.6 cm³/mol. The van der Waals surface area contributed by atoms with E-state index in [0.717, 1.165) is 23.4 Å². The number of para-hydroxylation sites is 1. The summed E-state index contributed by atoms with van der Waals surface area (Å²) in [5.74, 6) is 5.75. The summed E-state index contributed by atoms with van der Waals surface area (Å²) >= 11 is 0. The molecule has 1 atom stereocenters. The number of benzene rings is 1. The van der Waals surface area contributed by atoms with Gasteiger partial charge in [0.15, 0.2) is 0 Å². The van der Waals surface area contributed by atoms with Gasteiger partial charge >= 0.3 is 0 Å². The zero-order valence-electron chi connectivity index (χ0n) is 11.6. The lowest BCUT2D eigenvalue weighted by Crippen LogP contribution is -2.31. The van der Waals surface area contributed by atoms with E-state index in [1.165, 1.54) is 0 Å². The maximum absolute atomic E-state index is 5.75. The van der Waals surface area contributed by atoms with E-state index in [1.54, 1.807) is 12.4 Å². The highest BCUT2D eigenvalue weighted by molar-refractivity contribution is 5.33. The Labute approximate surface area is 123 Å². The predicted octanol–water partition coefficient (Wildman–Crippen LogP) is 2.01. The molecule has 2 heterocycles. The Morgan fingerprint density at radius 2 is 1.90 bits per heavy atom. The summed E-state index contributed by atoms with van der Waals surface area (Å²) in [5, 5.41) is 4.40. The first kappa shape index (κ1) is 13.5. The van der Waals surface area contributed by atoms with Gasteiger partial charge < -0.3 is 0 Å². The Kier molecular flexibility index (Phi) is 4.04. The second kappa shape index (κ2) is 6.30. The average molecular weight is 279 g/mol. The first-order chi connectivity index (χ1) is 10.4. The second-order valence-electron chi connectivity index (χ2n) is 4.79. The molecule has 1 unspecified atom stereocenters. The molecule has 3 N–H and O–H groups in total. The maximum Gasteiger partial charge on any atom is 0.0674 e. The lowest BCUT2D eigenvalue weighted by Gasteiger charge is -2.17. The van der Waals surface area contributed by atoms with Crippen molar-refractivity contribution in [1.82, 2.24) is 20.2 Å². The van der Waals surface area contributed by atoms with Gasteiger partial charge in [0.2, 0.25) is 0 Å². The maximum atomic E-state index is 5.75. The van der Waals surface area contributed by atoms with Crippen LogP contribution in [0.15, 0.2) is 67.1 Å². The van der Waals surface area contributed by atoms with Crippen LogP contribution >= 0.6 is 0 Å². The number of hydrogen-bond acceptors (Lipinski definition) is 4. The Hall–Kier alpha value is -2.50. The smallest absolute Gasteiger partial charge is 0.0674 e. The molecule has 21 heavy (non-hydrogen) atoms. The van der Waals surface area contributed by atoms with Crippen molar-refractivity contribution in [2.75, 3.05) is 0 Å². The lowest BCUT2D eigenvalue weighted by molar-refractivity contribution is 0.522. The van der Waals surface area contributed by atoms with E-state index in [1.807, 2.05) is 59.4 Å². The highest BCUT2D eigenvalue weighted by Gasteiger charge is 2.16. The summed E-state index contributed by atoms with van der Waals surface area (Å²) in [6.45, 7) is 0. The van der Waals surface area contributed by atoms with E-state index in [4.69, 9.17) is 5.84 Å². The molecule has 0 bridgehead atoms. The van der Waals surface area contributed by atoms with E-state index in [0.29, 0.717) is 0 Å². The normalized spacial score (nSPS) is 12.2. The molecule has 5 nitrogen and oxygen atoms in total. The van der Waals surface area contributed by atoms with Crippen molar-refractivity contribution in [2.24, 2.45) is 5.84 Å². The van der Waals surface area contributed by atoms with Crippen molar-refractivity contribution in [3.63, 3.8) is 0 Å². The average Bonchev–Trinajstić information content (AvgIpc) is 3.04. The molecule has 3 aromatic rings. The van der Waals surface area contributed by atoms with Crippen LogP contribution in [-0.2, 0) is 6.42 Å². The van der Waals surface area contributed by atoms with Crippen molar-refractivity contribution in [1.29, 1.82) is 0 Å². The molecule has 0 saturated heterocycles. The van der Waals surface area contributed by atoms with Crippen LogP contribution in [0.3, 0.4) is 0 Å². The number of hydrogen-bond donors (Lipinski definition) is 2. The highest BCUT2D eigenvalue weighted by Crippen LogP contribution is 2.20. The summed E-state index contributed by atoms with van der Waals surface area (Å²) in [6.07, 6.45) is 6.16. The Balaban J connectivity index is 1.90. The molecule has 3 rings (SSSR count). The van der Waals surface area contributed by atoms with Crippen LogP contribution in [0.4, 0.5) is 0 Å². The minimum absolute atomic E-state index is 0.0306. The molecule has 5 heteroatoms. The van der Waals surface area contributed by atoms with Gasteiger partial charge in [0.1, 0.15) is 0 Å². The third kappa shape index (κ3) is 2.99.